The molecule has 1 N–H and O–H groups in total. The molecule has 7 heteroatoms. The Morgan fingerprint density at radius 1 is 1.17 bits per heavy atom. The van der Waals surface area contributed by atoms with E-state index in [1.807, 2.05) is 12.1 Å². The van der Waals surface area contributed by atoms with E-state index in [1.165, 1.54) is 6.07 Å². The molecule has 0 fully saturated rings. The Labute approximate surface area is 147 Å². The molecule has 3 rings (SSSR count). The van der Waals surface area contributed by atoms with Crippen molar-refractivity contribution >= 4 is 48.3 Å². The highest BCUT2D eigenvalue weighted by molar-refractivity contribution is 9.10. The molecule has 0 saturated heterocycles. The van der Waals surface area contributed by atoms with E-state index >= 15 is 0 Å². The number of para-hydroxylation sites is 1. The summed E-state index contributed by atoms with van der Waals surface area (Å²) in [4.78, 5) is 12.6. The average Bonchev–Trinajstić information content (AvgIpc) is 2.84. The first-order chi connectivity index (χ1) is 11.3. The lowest BCUT2D eigenvalue weighted by Gasteiger charge is -2.08. The molecule has 2 aromatic carbocycles. The lowest BCUT2D eigenvalue weighted by molar-refractivity contribution is 0.0997. The van der Waals surface area contributed by atoms with Crippen LogP contribution in [-0.4, -0.2) is 20.6 Å². The Hall–Kier alpha value is -2.12. The first-order valence-corrected chi connectivity index (χ1v) is 9.75. The zero-order valence-electron chi connectivity index (χ0n) is 13.0. The highest BCUT2D eigenvalue weighted by atomic mass is 79.9. The summed E-state index contributed by atoms with van der Waals surface area (Å²) < 4.78 is 30.2. The van der Waals surface area contributed by atoms with Crippen LogP contribution in [0.4, 0.5) is 5.69 Å². The largest absolute Gasteiger partial charge is 0.451 e. The van der Waals surface area contributed by atoms with E-state index < -0.39 is 15.7 Å². The zero-order valence-corrected chi connectivity index (χ0v) is 15.4. The van der Waals surface area contributed by atoms with Crippen LogP contribution in [-0.2, 0) is 9.84 Å². The van der Waals surface area contributed by atoms with Gasteiger partial charge in [0.1, 0.15) is 5.58 Å². The smallest absolute Gasteiger partial charge is 0.291 e. The van der Waals surface area contributed by atoms with Gasteiger partial charge < -0.3 is 9.73 Å². The van der Waals surface area contributed by atoms with Crippen LogP contribution in [0.15, 0.2) is 56.2 Å². The first kappa shape index (κ1) is 16.7. The molecular formula is C17H14BrNO4S. The summed E-state index contributed by atoms with van der Waals surface area (Å²) in [7, 11) is -3.45. The SMILES string of the molecule is Cc1c(C(=O)Nc2ccccc2S(C)(=O)=O)oc2ccc(Br)cc12. The molecule has 1 aromatic heterocycles. The molecule has 5 nitrogen and oxygen atoms in total. The quantitative estimate of drug-likeness (QED) is 0.706. The number of hydrogen-bond donors (Lipinski definition) is 1. The van der Waals surface area contributed by atoms with Crippen molar-refractivity contribution in [2.24, 2.45) is 0 Å². The predicted octanol–water partition coefficient (Wildman–Crippen LogP) is 4.16. The Kier molecular flexibility index (Phi) is 4.23. The summed E-state index contributed by atoms with van der Waals surface area (Å²) in [6.07, 6.45) is 1.10. The van der Waals surface area contributed by atoms with Crippen LogP contribution in [0.2, 0.25) is 0 Å². The molecule has 1 amide bonds. The second-order valence-corrected chi connectivity index (χ2v) is 8.32. The Bertz CT molecular complexity index is 1050. The van der Waals surface area contributed by atoms with Crippen molar-refractivity contribution < 1.29 is 17.6 Å². The number of nitrogens with one attached hydrogen (secondary N) is 1. The van der Waals surface area contributed by atoms with E-state index in [9.17, 15) is 13.2 Å². The normalized spacial score (nSPS) is 11.6. The van der Waals surface area contributed by atoms with Crippen LogP contribution >= 0.6 is 15.9 Å². The van der Waals surface area contributed by atoms with Crippen molar-refractivity contribution in [1.29, 1.82) is 0 Å². The minimum Gasteiger partial charge on any atom is -0.451 e. The first-order valence-electron chi connectivity index (χ1n) is 7.06. The van der Waals surface area contributed by atoms with E-state index in [4.69, 9.17) is 4.42 Å². The molecule has 124 valence electrons. The van der Waals surface area contributed by atoms with Gasteiger partial charge in [-0.2, -0.15) is 0 Å². The van der Waals surface area contributed by atoms with Crippen LogP contribution in [0.25, 0.3) is 11.0 Å². The van der Waals surface area contributed by atoms with Crippen LogP contribution in [0.3, 0.4) is 0 Å². The third kappa shape index (κ3) is 3.09. The zero-order chi connectivity index (χ0) is 17.5. The standard InChI is InChI=1S/C17H14BrNO4S/c1-10-12-9-11(18)7-8-14(12)23-16(10)17(20)19-13-5-3-4-6-15(13)24(2,21)22/h3-9H,1-2H3,(H,19,20). The molecule has 1 heterocycles. The Balaban J connectivity index is 2.02. The molecular weight excluding hydrogens is 394 g/mol. The van der Waals surface area contributed by atoms with E-state index in [1.54, 1.807) is 31.2 Å². The second kappa shape index (κ2) is 6.07. The van der Waals surface area contributed by atoms with Gasteiger partial charge >= 0.3 is 0 Å². The summed E-state index contributed by atoms with van der Waals surface area (Å²) in [5.74, 6) is -0.331. The van der Waals surface area contributed by atoms with Gasteiger partial charge in [0, 0.05) is 21.7 Å². The van der Waals surface area contributed by atoms with Gasteiger partial charge in [0.05, 0.1) is 10.6 Å². The molecule has 3 aromatic rings. The topological polar surface area (TPSA) is 76.4 Å². The number of halogens is 1. The van der Waals surface area contributed by atoms with Gasteiger partial charge in [-0.15, -0.1) is 0 Å². The van der Waals surface area contributed by atoms with E-state index in [2.05, 4.69) is 21.2 Å². The van der Waals surface area contributed by atoms with E-state index in [0.717, 1.165) is 16.1 Å². The number of hydrogen-bond acceptors (Lipinski definition) is 4. The third-order valence-electron chi connectivity index (χ3n) is 3.64. The third-order valence-corrected chi connectivity index (χ3v) is 5.29. The van der Waals surface area contributed by atoms with Gasteiger partial charge in [-0.25, -0.2) is 8.42 Å². The summed E-state index contributed by atoms with van der Waals surface area (Å²) in [6.45, 7) is 1.79. The molecule has 0 spiro atoms. The number of amides is 1. The van der Waals surface area contributed by atoms with Crippen molar-refractivity contribution in [2.75, 3.05) is 11.6 Å². The Morgan fingerprint density at radius 3 is 2.58 bits per heavy atom. The van der Waals surface area contributed by atoms with Gasteiger partial charge in [-0.3, -0.25) is 4.79 Å². The molecule has 0 aliphatic heterocycles. The number of sulfone groups is 1. The van der Waals surface area contributed by atoms with Crippen molar-refractivity contribution in [3.8, 4) is 0 Å². The molecule has 0 saturated carbocycles. The van der Waals surface area contributed by atoms with Gasteiger partial charge in [-0.1, -0.05) is 28.1 Å². The maximum atomic E-state index is 12.6. The minimum absolute atomic E-state index is 0.0647. The highest BCUT2D eigenvalue weighted by Gasteiger charge is 2.20. The summed E-state index contributed by atoms with van der Waals surface area (Å²) in [5, 5.41) is 3.45. The van der Waals surface area contributed by atoms with Gasteiger partial charge in [0.15, 0.2) is 15.6 Å². The average molecular weight is 408 g/mol. The number of aryl methyl sites for hydroxylation is 1. The summed E-state index contributed by atoms with van der Waals surface area (Å²) in [5.41, 5.74) is 1.52. The molecule has 24 heavy (non-hydrogen) atoms. The molecule has 0 unspecified atom stereocenters. The number of furan rings is 1. The fraction of sp³-hybridized carbons (Fsp3) is 0.118. The minimum atomic E-state index is -3.45. The molecule has 0 atom stereocenters. The van der Waals surface area contributed by atoms with Crippen LogP contribution < -0.4 is 5.32 Å². The van der Waals surface area contributed by atoms with Gasteiger partial charge in [0.2, 0.25) is 0 Å². The van der Waals surface area contributed by atoms with Crippen molar-refractivity contribution in [3.63, 3.8) is 0 Å². The molecule has 0 aliphatic carbocycles. The van der Waals surface area contributed by atoms with Gasteiger partial charge in [0.25, 0.3) is 5.91 Å². The van der Waals surface area contributed by atoms with Crippen LogP contribution in [0.1, 0.15) is 16.1 Å². The van der Waals surface area contributed by atoms with Gasteiger partial charge in [-0.05, 0) is 37.3 Å². The second-order valence-electron chi connectivity index (χ2n) is 5.42. The van der Waals surface area contributed by atoms with E-state index in [-0.39, 0.29) is 16.3 Å². The molecule has 0 bridgehead atoms. The number of benzene rings is 2. The fourth-order valence-corrected chi connectivity index (χ4v) is 3.69. The Morgan fingerprint density at radius 2 is 1.88 bits per heavy atom. The molecule has 0 radical (unpaired) electrons. The number of anilines is 1. The number of carbonyl (C=O) groups is 1. The van der Waals surface area contributed by atoms with E-state index in [0.29, 0.717) is 11.1 Å². The van der Waals surface area contributed by atoms with Crippen LogP contribution in [0.5, 0.6) is 0 Å². The van der Waals surface area contributed by atoms with Crippen molar-refractivity contribution in [1.82, 2.24) is 0 Å². The fourth-order valence-electron chi connectivity index (χ4n) is 2.48. The maximum absolute atomic E-state index is 12.6. The number of rotatable bonds is 3. The number of carbonyl (C=O) groups excluding carboxylic acids is 1. The summed E-state index contributed by atoms with van der Waals surface area (Å²) >= 11 is 3.39. The lowest BCUT2D eigenvalue weighted by atomic mass is 10.1. The van der Waals surface area contributed by atoms with Crippen molar-refractivity contribution in [3.05, 3.63) is 58.3 Å². The van der Waals surface area contributed by atoms with Crippen LogP contribution in [0, 0.1) is 6.92 Å². The number of fused-ring (bicyclic) bond motifs is 1. The lowest BCUT2D eigenvalue weighted by Crippen LogP contribution is -2.14. The predicted molar refractivity (Wildman–Crippen MR) is 96.2 cm³/mol. The highest BCUT2D eigenvalue weighted by Crippen LogP contribution is 2.29. The van der Waals surface area contributed by atoms with Crippen molar-refractivity contribution in [2.45, 2.75) is 11.8 Å². The monoisotopic (exact) mass is 407 g/mol. The summed E-state index contributed by atoms with van der Waals surface area (Å²) in [6, 6.07) is 11.7. The molecule has 0 aliphatic rings. The maximum Gasteiger partial charge on any atom is 0.291 e.